The first-order valence-corrected chi connectivity index (χ1v) is 12.7. The second-order valence-corrected chi connectivity index (χ2v) is 12.3. The van der Waals surface area contributed by atoms with Crippen molar-refractivity contribution >= 4 is 12.6 Å². The van der Waals surface area contributed by atoms with Gasteiger partial charge >= 0.3 is 7.12 Å². The number of fused-ring (bicyclic) bond motifs is 8. The maximum Gasteiger partial charge on any atom is 0.494 e. The lowest BCUT2D eigenvalue weighted by molar-refractivity contribution is 0.00578. The van der Waals surface area contributed by atoms with Gasteiger partial charge < -0.3 is 9.31 Å². The zero-order valence-electron chi connectivity index (χ0n) is 20.6. The van der Waals surface area contributed by atoms with Crippen molar-refractivity contribution in [3.05, 3.63) is 53.6 Å². The molecule has 1 aliphatic heterocycles. The number of rotatable bonds is 1. The van der Waals surface area contributed by atoms with Gasteiger partial charge in [-0.1, -0.05) is 56.3 Å². The molecular weight excluding hydrogens is 391 g/mol. The van der Waals surface area contributed by atoms with E-state index in [1.165, 1.54) is 36.8 Å². The molecule has 2 nitrogen and oxygen atoms in total. The first-order valence-electron chi connectivity index (χ1n) is 12.7. The molecule has 1 spiro atoms. The fraction of sp³-hybridized carbons (Fsp3) is 0.586. The minimum atomic E-state index is -0.319. The molecule has 3 aliphatic carbocycles. The molecule has 32 heavy (non-hydrogen) atoms. The third kappa shape index (κ3) is 2.67. The number of hydrogen-bond acceptors (Lipinski definition) is 2. The zero-order chi connectivity index (χ0) is 22.5. The van der Waals surface area contributed by atoms with E-state index in [4.69, 9.17) is 9.31 Å². The Morgan fingerprint density at radius 3 is 2.22 bits per heavy atom. The SMILES string of the molecule is CC1CC2CC(C)C3(c4ccccc4-c4cc(B5OC(C)(C)C(C)(C)O5)ccc43)C(C1)C2. The molecule has 5 unspecified atom stereocenters. The van der Waals surface area contributed by atoms with Gasteiger partial charge in [-0.2, -0.15) is 0 Å². The molecule has 6 rings (SSSR count). The summed E-state index contributed by atoms with van der Waals surface area (Å²) in [5.74, 6) is 3.15. The van der Waals surface area contributed by atoms with Crippen LogP contribution in [0.1, 0.15) is 78.4 Å². The van der Waals surface area contributed by atoms with Crippen LogP contribution in [-0.4, -0.2) is 18.3 Å². The maximum atomic E-state index is 6.41. The van der Waals surface area contributed by atoms with Gasteiger partial charge in [-0.15, -0.1) is 0 Å². The molecule has 1 saturated heterocycles. The standard InChI is InChI=1S/C29H37BO2/c1-18-13-20-15-19(2)29(21(14-18)16-20)25-10-8-7-9-23(25)24-17-22(11-12-26(24)29)30-31-27(3,4)28(5,6)32-30/h7-12,17-21H,13-16H2,1-6H3. The molecule has 0 radical (unpaired) electrons. The Morgan fingerprint density at radius 1 is 0.781 bits per heavy atom. The van der Waals surface area contributed by atoms with Gasteiger partial charge in [0.2, 0.25) is 0 Å². The van der Waals surface area contributed by atoms with Crippen molar-refractivity contribution in [2.24, 2.45) is 23.7 Å². The van der Waals surface area contributed by atoms with Crippen LogP contribution in [0.5, 0.6) is 0 Å². The fourth-order valence-electron chi connectivity index (χ4n) is 7.86. The zero-order valence-corrected chi connectivity index (χ0v) is 20.6. The largest absolute Gasteiger partial charge is 0.494 e. The van der Waals surface area contributed by atoms with Crippen LogP contribution in [0.3, 0.4) is 0 Å². The topological polar surface area (TPSA) is 18.5 Å². The van der Waals surface area contributed by atoms with Gasteiger partial charge in [0.15, 0.2) is 0 Å². The van der Waals surface area contributed by atoms with Crippen LogP contribution >= 0.6 is 0 Å². The van der Waals surface area contributed by atoms with Crippen molar-refractivity contribution in [2.45, 2.75) is 83.8 Å². The molecule has 2 aromatic rings. The Hall–Kier alpha value is -1.58. The van der Waals surface area contributed by atoms with Gasteiger partial charge in [-0.3, -0.25) is 0 Å². The highest BCUT2D eigenvalue weighted by Crippen LogP contribution is 2.64. The summed E-state index contributed by atoms with van der Waals surface area (Å²) in [5.41, 5.74) is 6.65. The first-order chi connectivity index (χ1) is 15.1. The van der Waals surface area contributed by atoms with Crippen molar-refractivity contribution in [3.63, 3.8) is 0 Å². The second-order valence-electron chi connectivity index (χ2n) is 12.3. The van der Waals surface area contributed by atoms with Crippen LogP contribution in [0.2, 0.25) is 0 Å². The molecule has 2 aromatic carbocycles. The van der Waals surface area contributed by atoms with E-state index in [0.29, 0.717) is 5.92 Å². The Balaban J connectivity index is 1.50. The molecule has 0 amide bonds. The van der Waals surface area contributed by atoms with Gasteiger partial charge in [0.1, 0.15) is 0 Å². The molecule has 168 valence electrons. The Kier molecular flexibility index (Phi) is 4.42. The number of benzene rings is 2. The van der Waals surface area contributed by atoms with E-state index in [2.05, 4.69) is 84.0 Å². The summed E-state index contributed by atoms with van der Waals surface area (Å²) in [6, 6.07) is 16.4. The lowest BCUT2D eigenvalue weighted by Gasteiger charge is -2.54. The summed E-state index contributed by atoms with van der Waals surface area (Å²) in [5, 5.41) is 0. The van der Waals surface area contributed by atoms with Gasteiger partial charge in [-0.05, 0) is 105 Å². The molecule has 3 fully saturated rings. The lowest BCUT2D eigenvalue weighted by atomic mass is 9.49. The van der Waals surface area contributed by atoms with Crippen LogP contribution in [0.4, 0.5) is 0 Å². The minimum absolute atomic E-state index is 0.158. The Bertz CT molecular complexity index is 1050. The summed E-state index contributed by atoms with van der Waals surface area (Å²) in [4.78, 5) is 0. The predicted octanol–water partition coefficient (Wildman–Crippen LogP) is 6.34. The highest BCUT2D eigenvalue weighted by atomic mass is 16.7. The smallest absolute Gasteiger partial charge is 0.399 e. The van der Waals surface area contributed by atoms with Crippen molar-refractivity contribution in [2.75, 3.05) is 0 Å². The summed E-state index contributed by atoms with van der Waals surface area (Å²) >= 11 is 0. The van der Waals surface area contributed by atoms with Crippen molar-refractivity contribution in [3.8, 4) is 11.1 Å². The summed E-state index contributed by atoms with van der Waals surface area (Å²) in [6.07, 6.45) is 5.52. The fourth-order valence-corrected chi connectivity index (χ4v) is 7.86. The van der Waals surface area contributed by atoms with Gasteiger partial charge in [-0.25, -0.2) is 0 Å². The third-order valence-electron chi connectivity index (χ3n) is 9.83. The van der Waals surface area contributed by atoms with Crippen molar-refractivity contribution in [1.29, 1.82) is 0 Å². The lowest BCUT2D eigenvalue weighted by Crippen LogP contribution is -2.49. The Morgan fingerprint density at radius 2 is 1.47 bits per heavy atom. The average Bonchev–Trinajstić information content (AvgIpc) is 3.14. The van der Waals surface area contributed by atoms with Gasteiger partial charge in [0.25, 0.3) is 0 Å². The van der Waals surface area contributed by atoms with E-state index < -0.39 is 0 Å². The normalized spacial score (nSPS) is 36.2. The molecule has 2 bridgehead atoms. The predicted molar refractivity (Wildman–Crippen MR) is 132 cm³/mol. The highest BCUT2D eigenvalue weighted by Gasteiger charge is 2.57. The van der Waals surface area contributed by atoms with Crippen LogP contribution in [-0.2, 0) is 14.7 Å². The molecule has 3 heteroatoms. The van der Waals surface area contributed by atoms with Crippen molar-refractivity contribution in [1.82, 2.24) is 0 Å². The second kappa shape index (κ2) is 6.73. The van der Waals surface area contributed by atoms with Crippen LogP contribution < -0.4 is 5.46 Å². The third-order valence-corrected chi connectivity index (χ3v) is 9.83. The van der Waals surface area contributed by atoms with Crippen LogP contribution in [0.15, 0.2) is 42.5 Å². The molecular formula is C29H37BO2. The van der Waals surface area contributed by atoms with Crippen LogP contribution in [0.25, 0.3) is 11.1 Å². The van der Waals surface area contributed by atoms with Gasteiger partial charge in [0.05, 0.1) is 11.2 Å². The number of hydrogen-bond donors (Lipinski definition) is 0. The van der Waals surface area contributed by atoms with E-state index >= 15 is 0 Å². The van der Waals surface area contributed by atoms with E-state index in [9.17, 15) is 0 Å². The van der Waals surface area contributed by atoms with E-state index in [-0.39, 0.29) is 23.7 Å². The summed E-state index contributed by atoms with van der Waals surface area (Å²) in [6.45, 7) is 13.5. The molecule has 5 atom stereocenters. The molecule has 1 heterocycles. The molecule has 0 aromatic heterocycles. The highest BCUT2D eigenvalue weighted by molar-refractivity contribution is 6.62. The average molecular weight is 428 g/mol. The molecule has 2 saturated carbocycles. The van der Waals surface area contributed by atoms with Gasteiger partial charge in [0, 0.05) is 5.41 Å². The Labute approximate surface area is 194 Å². The minimum Gasteiger partial charge on any atom is -0.399 e. The quantitative estimate of drug-likeness (QED) is 0.493. The van der Waals surface area contributed by atoms with E-state index in [1.54, 1.807) is 11.1 Å². The van der Waals surface area contributed by atoms with Crippen molar-refractivity contribution < 1.29 is 9.31 Å². The van der Waals surface area contributed by atoms with Crippen LogP contribution in [0, 0.1) is 23.7 Å². The summed E-state index contributed by atoms with van der Waals surface area (Å²) in [7, 11) is -0.308. The van der Waals surface area contributed by atoms with E-state index in [0.717, 1.165) is 23.2 Å². The molecule has 0 N–H and O–H groups in total. The summed E-state index contributed by atoms with van der Waals surface area (Å²) < 4.78 is 12.8. The van der Waals surface area contributed by atoms with E-state index in [1.807, 2.05) is 0 Å². The maximum absolute atomic E-state index is 6.41. The monoisotopic (exact) mass is 428 g/mol. The molecule has 4 aliphatic rings. The first kappa shape index (κ1) is 21.0.